The maximum absolute atomic E-state index is 14.3. The molecule has 1 aliphatic carbocycles. The predicted octanol–water partition coefficient (Wildman–Crippen LogP) is 5.72. The lowest BCUT2D eigenvalue weighted by atomic mass is 10.1. The van der Waals surface area contributed by atoms with Crippen molar-refractivity contribution >= 4 is 37.4 Å². The van der Waals surface area contributed by atoms with Gasteiger partial charge in [-0.2, -0.15) is 0 Å². The van der Waals surface area contributed by atoms with Gasteiger partial charge in [0.25, 0.3) is 5.56 Å². The third-order valence-corrected chi connectivity index (χ3v) is 10.8. The van der Waals surface area contributed by atoms with Gasteiger partial charge in [0.1, 0.15) is 11.2 Å². The van der Waals surface area contributed by atoms with Crippen LogP contribution in [-0.4, -0.2) is 33.7 Å². The molecule has 1 saturated carbocycles. The Labute approximate surface area is 247 Å². The van der Waals surface area contributed by atoms with Gasteiger partial charge in [-0.25, -0.2) is 19.2 Å². The van der Waals surface area contributed by atoms with Gasteiger partial charge < -0.3 is 20.3 Å². The molecule has 1 aromatic carbocycles. The summed E-state index contributed by atoms with van der Waals surface area (Å²) in [4.78, 5) is 33.9. The number of pyridine rings is 2. The highest BCUT2D eigenvalue weighted by Gasteiger charge is 2.54. The molecular formula is C32H30N8O2S. The van der Waals surface area contributed by atoms with Crippen molar-refractivity contribution in [2.24, 2.45) is 0 Å². The lowest BCUT2D eigenvalue weighted by Crippen LogP contribution is -2.24. The molecule has 6 aromatic rings. The van der Waals surface area contributed by atoms with Crippen LogP contribution < -0.4 is 11.3 Å². The molecule has 0 aliphatic heterocycles. The van der Waals surface area contributed by atoms with E-state index in [0.717, 1.165) is 27.5 Å². The number of H-pyrrole nitrogens is 2. The summed E-state index contributed by atoms with van der Waals surface area (Å²) < 4.78 is 24.2. The number of benzene rings is 1. The van der Waals surface area contributed by atoms with Crippen LogP contribution in [0, 0.1) is 4.78 Å². The van der Waals surface area contributed by atoms with E-state index in [1.54, 1.807) is 35.2 Å². The molecule has 7 rings (SSSR count). The average molecular weight is 591 g/mol. The maximum Gasteiger partial charge on any atom is 0.274 e. The normalized spacial score (nSPS) is 15.4. The SMILES string of the molecule is C=CCCn1cc(-c2cc(C3([S@](=N)(=O)Cc4cccc(N)c4)CC3)nc(-c3ccnc4[nH]ccc34)n2)c2cc[nH]c2c1=O. The summed E-state index contributed by atoms with van der Waals surface area (Å²) >= 11 is 0. The van der Waals surface area contributed by atoms with Crippen molar-refractivity contribution in [3.05, 3.63) is 108 Å². The van der Waals surface area contributed by atoms with Gasteiger partial charge in [-0.15, -0.1) is 6.58 Å². The van der Waals surface area contributed by atoms with E-state index in [2.05, 4.69) is 21.5 Å². The van der Waals surface area contributed by atoms with E-state index in [-0.39, 0.29) is 11.3 Å². The number of anilines is 1. The summed E-state index contributed by atoms with van der Waals surface area (Å²) in [5, 5.41) is 1.58. The second-order valence-electron chi connectivity index (χ2n) is 11.0. The van der Waals surface area contributed by atoms with Crippen molar-refractivity contribution in [3.63, 3.8) is 0 Å². The Bertz CT molecular complexity index is 2210. The van der Waals surface area contributed by atoms with Gasteiger partial charge in [-0.3, -0.25) is 9.57 Å². The Morgan fingerprint density at radius 1 is 1.07 bits per heavy atom. The van der Waals surface area contributed by atoms with E-state index >= 15 is 0 Å². The minimum Gasteiger partial charge on any atom is -0.399 e. The number of allylic oxidation sites excluding steroid dienone is 1. The number of rotatable bonds is 9. The van der Waals surface area contributed by atoms with E-state index in [9.17, 15) is 13.8 Å². The molecule has 216 valence electrons. The number of hydrogen-bond donors (Lipinski definition) is 4. The molecule has 11 heteroatoms. The minimum atomic E-state index is -3.20. The van der Waals surface area contributed by atoms with Gasteiger partial charge in [0.2, 0.25) is 0 Å². The summed E-state index contributed by atoms with van der Waals surface area (Å²) in [5.41, 5.74) is 11.0. The Hall–Kier alpha value is -5.03. The maximum atomic E-state index is 14.3. The second-order valence-corrected chi connectivity index (χ2v) is 13.4. The molecule has 0 saturated heterocycles. The van der Waals surface area contributed by atoms with E-state index < -0.39 is 14.5 Å². The highest BCUT2D eigenvalue weighted by molar-refractivity contribution is 7.92. The quantitative estimate of drug-likeness (QED) is 0.124. The molecule has 1 fully saturated rings. The first-order chi connectivity index (χ1) is 20.8. The molecule has 5 heterocycles. The van der Waals surface area contributed by atoms with Gasteiger partial charge in [0, 0.05) is 58.9 Å². The summed E-state index contributed by atoms with van der Waals surface area (Å²) in [6.07, 6.45) is 10.6. The van der Waals surface area contributed by atoms with Gasteiger partial charge >= 0.3 is 0 Å². The lowest BCUT2D eigenvalue weighted by molar-refractivity contribution is 0.658. The van der Waals surface area contributed by atoms with Crippen molar-refractivity contribution in [2.75, 3.05) is 5.73 Å². The van der Waals surface area contributed by atoms with Gasteiger partial charge in [-0.1, -0.05) is 18.2 Å². The Kier molecular flexibility index (Phi) is 6.28. The summed E-state index contributed by atoms with van der Waals surface area (Å²) in [7, 11) is -3.20. The molecule has 0 spiro atoms. The molecule has 10 nitrogen and oxygen atoms in total. The number of hydrogen-bond acceptors (Lipinski definition) is 7. The van der Waals surface area contributed by atoms with E-state index in [0.29, 0.717) is 59.9 Å². The molecule has 0 amide bonds. The van der Waals surface area contributed by atoms with Crippen LogP contribution in [0.3, 0.4) is 0 Å². The smallest absolute Gasteiger partial charge is 0.274 e. The molecule has 0 radical (unpaired) electrons. The third kappa shape index (κ3) is 4.52. The largest absolute Gasteiger partial charge is 0.399 e. The molecule has 5 aromatic heterocycles. The second kappa shape index (κ2) is 10.1. The van der Waals surface area contributed by atoms with Gasteiger partial charge in [0.15, 0.2) is 5.82 Å². The molecular weight excluding hydrogens is 560 g/mol. The zero-order chi connectivity index (χ0) is 29.8. The number of aromatic amines is 2. The topological polar surface area (TPSA) is 159 Å². The zero-order valence-corrected chi connectivity index (χ0v) is 24.2. The molecule has 0 unspecified atom stereocenters. The van der Waals surface area contributed by atoms with Crippen LogP contribution in [0.1, 0.15) is 30.5 Å². The number of aromatic nitrogens is 6. The van der Waals surface area contributed by atoms with Crippen LogP contribution in [-0.2, 0) is 26.8 Å². The van der Waals surface area contributed by atoms with Crippen molar-refractivity contribution in [1.82, 2.24) is 29.5 Å². The predicted molar refractivity (Wildman–Crippen MR) is 170 cm³/mol. The van der Waals surface area contributed by atoms with Crippen molar-refractivity contribution in [1.29, 1.82) is 4.78 Å². The number of nitrogen functional groups attached to an aromatic ring is 1. The average Bonchev–Trinajstić information content (AvgIpc) is 3.43. The number of aryl methyl sites for hydroxylation is 1. The third-order valence-electron chi connectivity index (χ3n) is 8.20. The number of nitrogens with two attached hydrogens (primary N) is 1. The summed E-state index contributed by atoms with van der Waals surface area (Å²) in [6.45, 7) is 4.27. The summed E-state index contributed by atoms with van der Waals surface area (Å²) in [6, 6.07) is 14.7. The number of fused-ring (bicyclic) bond motifs is 2. The first-order valence-corrected chi connectivity index (χ1v) is 15.8. The van der Waals surface area contributed by atoms with Gasteiger partial charge in [0.05, 0.1) is 31.6 Å². The number of nitrogens with zero attached hydrogens (tertiary/aromatic N) is 4. The first-order valence-electron chi connectivity index (χ1n) is 14.0. The van der Waals surface area contributed by atoms with Gasteiger partial charge in [-0.05, 0) is 61.2 Å². The Morgan fingerprint density at radius 3 is 2.67 bits per heavy atom. The van der Waals surface area contributed by atoms with E-state index in [1.807, 2.05) is 48.8 Å². The van der Waals surface area contributed by atoms with Crippen LogP contribution in [0.4, 0.5) is 5.69 Å². The van der Waals surface area contributed by atoms with Crippen LogP contribution >= 0.6 is 0 Å². The lowest BCUT2D eigenvalue weighted by Gasteiger charge is -2.21. The summed E-state index contributed by atoms with van der Waals surface area (Å²) in [5.74, 6) is 0.510. The standard InChI is InChI=1S/C32H30N8O2S/c1-2-3-15-40-18-25(22-7-12-35-28(22)31(40)41)26-17-27(39-30(38-26)24-9-14-37-29-23(24)8-13-36-29)32(10-11-32)43(34,42)19-20-5-4-6-21(33)16-20/h2,4-9,12-14,16-18,34-35H,1,3,10-11,15,19,33H2,(H,36,37)/t43-/m1/s1. The van der Waals surface area contributed by atoms with Crippen molar-refractivity contribution in [3.8, 4) is 22.6 Å². The van der Waals surface area contributed by atoms with Crippen molar-refractivity contribution < 1.29 is 4.21 Å². The number of nitrogens with one attached hydrogen (secondary N) is 3. The molecule has 5 N–H and O–H groups in total. The first kappa shape index (κ1) is 26.8. The zero-order valence-electron chi connectivity index (χ0n) is 23.3. The highest BCUT2D eigenvalue weighted by Crippen LogP contribution is 2.54. The molecule has 0 bridgehead atoms. The fraction of sp³-hybridized carbons (Fsp3) is 0.188. The molecule has 1 aliphatic rings. The van der Waals surface area contributed by atoms with Crippen LogP contribution in [0.5, 0.6) is 0 Å². The van der Waals surface area contributed by atoms with E-state index in [4.69, 9.17) is 15.7 Å². The van der Waals surface area contributed by atoms with Crippen LogP contribution in [0.15, 0.2) is 90.8 Å². The van der Waals surface area contributed by atoms with E-state index in [1.165, 1.54) is 0 Å². The fourth-order valence-electron chi connectivity index (χ4n) is 5.82. The molecule has 43 heavy (non-hydrogen) atoms. The molecule has 1 atom stereocenters. The van der Waals surface area contributed by atoms with Crippen molar-refractivity contribution in [2.45, 2.75) is 36.3 Å². The Morgan fingerprint density at radius 2 is 1.88 bits per heavy atom. The minimum absolute atomic E-state index is 0.0680. The fourth-order valence-corrected chi connectivity index (χ4v) is 7.95. The van der Waals surface area contributed by atoms with Crippen LogP contribution in [0.2, 0.25) is 0 Å². The highest BCUT2D eigenvalue weighted by atomic mass is 32.2. The Balaban J connectivity index is 1.45. The van der Waals surface area contributed by atoms with Crippen LogP contribution in [0.25, 0.3) is 44.6 Å². The monoisotopic (exact) mass is 590 g/mol.